The molecule has 0 spiro atoms. The predicted octanol–water partition coefficient (Wildman–Crippen LogP) is 1.94. The summed E-state index contributed by atoms with van der Waals surface area (Å²) in [5, 5.41) is 4.20. The van der Waals surface area contributed by atoms with Gasteiger partial charge in [0.25, 0.3) is 0 Å². The third-order valence-electron chi connectivity index (χ3n) is 3.30. The van der Waals surface area contributed by atoms with Crippen LogP contribution in [-0.2, 0) is 6.54 Å². The van der Waals surface area contributed by atoms with Crippen LogP contribution in [0.3, 0.4) is 0 Å². The maximum atomic E-state index is 6.02. The molecule has 0 amide bonds. The first-order valence-corrected chi connectivity index (χ1v) is 6.78. The predicted molar refractivity (Wildman–Crippen MR) is 88.7 cm³/mol. The second-order valence-corrected chi connectivity index (χ2v) is 5.08. The molecule has 1 atom stereocenters. The van der Waals surface area contributed by atoms with E-state index in [1.807, 2.05) is 16.9 Å². The topological polar surface area (TPSA) is 59.4 Å². The van der Waals surface area contributed by atoms with Gasteiger partial charge in [-0.2, -0.15) is 5.10 Å². The minimum absolute atomic E-state index is 0. The van der Waals surface area contributed by atoms with E-state index in [4.69, 9.17) is 5.73 Å². The number of likely N-dealkylation sites (tertiary alicyclic amines) is 1. The summed E-state index contributed by atoms with van der Waals surface area (Å²) in [7, 11) is 0. The van der Waals surface area contributed by atoms with E-state index >= 15 is 0 Å². The number of guanidine groups is 1. The fourth-order valence-corrected chi connectivity index (χ4v) is 2.26. The Bertz CT molecular complexity index is 370. The highest BCUT2D eigenvalue weighted by Crippen LogP contribution is 2.08. The Balaban J connectivity index is 0.00000180. The monoisotopic (exact) mass is 377 g/mol. The van der Waals surface area contributed by atoms with Crippen molar-refractivity contribution in [1.82, 2.24) is 14.7 Å². The normalized spacial score (nSPS) is 17.9. The molecule has 1 aliphatic heterocycles. The van der Waals surface area contributed by atoms with E-state index in [9.17, 15) is 0 Å². The van der Waals surface area contributed by atoms with E-state index in [1.54, 1.807) is 6.20 Å². The van der Waals surface area contributed by atoms with Crippen LogP contribution in [0.15, 0.2) is 23.5 Å². The van der Waals surface area contributed by atoms with Crippen LogP contribution < -0.4 is 5.73 Å². The third kappa shape index (κ3) is 5.38. The van der Waals surface area contributed by atoms with Gasteiger partial charge in [-0.3, -0.25) is 9.67 Å². The van der Waals surface area contributed by atoms with Crippen LogP contribution in [0.4, 0.5) is 0 Å². The molecule has 2 heterocycles. The van der Waals surface area contributed by atoms with Crippen molar-refractivity contribution in [3.63, 3.8) is 0 Å². The summed E-state index contributed by atoms with van der Waals surface area (Å²) in [6.45, 7) is 5.95. The van der Waals surface area contributed by atoms with Gasteiger partial charge >= 0.3 is 0 Å². The molecule has 2 N–H and O–H groups in total. The van der Waals surface area contributed by atoms with Crippen molar-refractivity contribution in [3.05, 3.63) is 18.5 Å². The average Bonchev–Trinajstić information content (AvgIpc) is 2.90. The van der Waals surface area contributed by atoms with Crippen LogP contribution in [0.5, 0.6) is 0 Å². The molecule has 1 unspecified atom stereocenters. The maximum Gasteiger partial charge on any atom is 0.191 e. The summed E-state index contributed by atoms with van der Waals surface area (Å²) < 4.78 is 1.94. The maximum absolute atomic E-state index is 6.02. The number of hydrogen-bond acceptors (Lipinski definition) is 2. The molecule has 0 aliphatic carbocycles. The van der Waals surface area contributed by atoms with E-state index in [0.29, 0.717) is 11.9 Å². The minimum atomic E-state index is 0. The molecule has 0 radical (unpaired) electrons. The molecule has 1 aromatic heterocycles. The molecule has 0 bridgehead atoms. The quantitative estimate of drug-likeness (QED) is 0.496. The molecule has 1 aromatic rings. The Morgan fingerprint density at radius 2 is 2.11 bits per heavy atom. The van der Waals surface area contributed by atoms with Crippen LogP contribution in [0.2, 0.25) is 0 Å². The number of halogens is 1. The van der Waals surface area contributed by atoms with Gasteiger partial charge in [-0.1, -0.05) is 6.92 Å². The van der Waals surface area contributed by atoms with Gasteiger partial charge in [0, 0.05) is 38.6 Å². The van der Waals surface area contributed by atoms with Gasteiger partial charge in [0.15, 0.2) is 5.96 Å². The lowest BCUT2D eigenvalue weighted by Gasteiger charge is -2.27. The van der Waals surface area contributed by atoms with Crippen LogP contribution in [0, 0.1) is 5.92 Å². The van der Waals surface area contributed by atoms with Gasteiger partial charge in [-0.15, -0.1) is 24.0 Å². The van der Waals surface area contributed by atoms with E-state index in [-0.39, 0.29) is 24.0 Å². The van der Waals surface area contributed by atoms with Crippen molar-refractivity contribution in [2.24, 2.45) is 16.6 Å². The molecule has 1 aliphatic rings. The van der Waals surface area contributed by atoms with Crippen molar-refractivity contribution in [3.8, 4) is 0 Å². The summed E-state index contributed by atoms with van der Waals surface area (Å²) in [5.41, 5.74) is 6.02. The third-order valence-corrected chi connectivity index (χ3v) is 3.30. The molecule has 2 rings (SSSR count). The van der Waals surface area contributed by atoms with Crippen LogP contribution in [0.1, 0.15) is 26.2 Å². The molecular formula is C13H24IN5. The number of aromatic nitrogens is 2. The molecule has 6 heteroatoms. The highest BCUT2D eigenvalue weighted by atomic mass is 127. The molecule has 19 heavy (non-hydrogen) atoms. The van der Waals surface area contributed by atoms with Crippen LogP contribution >= 0.6 is 24.0 Å². The van der Waals surface area contributed by atoms with Gasteiger partial charge < -0.3 is 10.6 Å². The van der Waals surface area contributed by atoms with Crippen molar-refractivity contribution < 1.29 is 0 Å². The lowest BCUT2D eigenvalue weighted by Crippen LogP contribution is -2.41. The minimum Gasteiger partial charge on any atom is -0.370 e. The highest BCUT2D eigenvalue weighted by molar-refractivity contribution is 14.0. The summed E-state index contributed by atoms with van der Waals surface area (Å²) in [5.74, 6) is 1.16. The Kier molecular flexibility index (Phi) is 7.19. The Hall–Kier alpha value is -0.790. The van der Waals surface area contributed by atoms with Gasteiger partial charge in [0.1, 0.15) is 0 Å². The number of hydrogen-bond donors (Lipinski definition) is 1. The van der Waals surface area contributed by atoms with Crippen LogP contribution in [0.25, 0.3) is 0 Å². The largest absolute Gasteiger partial charge is 0.370 e. The molecule has 108 valence electrons. The summed E-state index contributed by atoms with van der Waals surface area (Å²) in [6, 6.07) is 1.94. The molecule has 0 aromatic carbocycles. The zero-order chi connectivity index (χ0) is 12.8. The average molecular weight is 377 g/mol. The van der Waals surface area contributed by atoms with Gasteiger partial charge in [-0.25, -0.2) is 0 Å². The Morgan fingerprint density at radius 3 is 2.74 bits per heavy atom. The van der Waals surface area contributed by atoms with Crippen molar-refractivity contribution >= 4 is 29.9 Å². The zero-order valence-corrected chi connectivity index (χ0v) is 13.9. The fraction of sp³-hybridized carbons (Fsp3) is 0.692. The lowest BCUT2D eigenvalue weighted by atomic mass is 10.1. The smallest absolute Gasteiger partial charge is 0.191 e. The number of aliphatic imine (C=N–C) groups is 1. The Morgan fingerprint density at radius 1 is 1.37 bits per heavy atom. The second kappa shape index (κ2) is 8.39. The van der Waals surface area contributed by atoms with E-state index in [1.165, 1.54) is 19.3 Å². The molecule has 1 fully saturated rings. The first kappa shape index (κ1) is 16.3. The van der Waals surface area contributed by atoms with E-state index < -0.39 is 0 Å². The second-order valence-electron chi connectivity index (χ2n) is 5.08. The van der Waals surface area contributed by atoms with Crippen molar-refractivity contribution in [2.75, 3.05) is 19.6 Å². The SMILES string of the molecule is CC(CN=C(N)N1CCCCC1)Cn1cccn1.I. The number of nitrogens with two attached hydrogens (primary N) is 1. The zero-order valence-electron chi connectivity index (χ0n) is 11.5. The first-order valence-electron chi connectivity index (χ1n) is 6.78. The standard InChI is InChI=1S/C13H23N5.HI/c1-12(11-18-9-5-6-16-18)10-15-13(14)17-7-3-2-4-8-17;/h5-6,9,12H,2-4,7-8,10-11H2,1H3,(H2,14,15);1H. The van der Waals surface area contributed by atoms with Crippen LogP contribution in [-0.4, -0.2) is 40.3 Å². The molecular weight excluding hydrogens is 353 g/mol. The van der Waals surface area contributed by atoms with E-state index in [2.05, 4.69) is 21.9 Å². The summed E-state index contributed by atoms with van der Waals surface area (Å²) in [4.78, 5) is 6.71. The summed E-state index contributed by atoms with van der Waals surface area (Å²) >= 11 is 0. The van der Waals surface area contributed by atoms with Gasteiger partial charge in [-0.05, 0) is 31.2 Å². The summed E-state index contributed by atoms with van der Waals surface area (Å²) in [6.07, 6.45) is 7.57. The first-order chi connectivity index (χ1) is 8.75. The molecule has 5 nitrogen and oxygen atoms in total. The fourth-order valence-electron chi connectivity index (χ4n) is 2.26. The highest BCUT2D eigenvalue weighted by Gasteiger charge is 2.12. The van der Waals surface area contributed by atoms with Crippen molar-refractivity contribution in [1.29, 1.82) is 0 Å². The lowest BCUT2D eigenvalue weighted by molar-refractivity contribution is 0.336. The number of rotatable bonds is 4. The molecule has 0 saturated carbocycles. The Labute approximate surface area is 132 Å². The van der Waals surface area contributed by atoms with E-state index in [0.717, 1.165) is 26.2 Å². The van der Waals surface area contributed by atoms with Gasteiger partial charge in [0.2, 0.25) is 0 Å². The van der Waals surface area contributed by atoms with Crippen molar-refractivity contribution in [2.45, 2.75) is 32.7 Å². The number of nitrogens with zero attached hydrogens (tertiary/aromatic N) is 4. The molecule has 1 saturated heterocycles. The number of piperidine rings is 1. The van der Waals surface area contributed by atoms with Gasteiger partial charge in [0.05, 0.1) is 0 Å².